The highest BCUT2D eigenvalue weighted by atomic mass is 35.5. The maximum atomic E-state index is 15.8. The lowest BCUT2D eigenvalue weighted by molar-refractivity contribution is 0.0751. The number of thiophene rings is 1. The van der Waals surface area contributed by atoms with Gasteiger partial charge in [0.2, 0.25) is 0 Å². The predicted molar refractivity (Wildman–Crippen MR) is 128 cm³/mol. The van der Waals surface area contributed by atoms with Crippen molar-refractivity contribution in [3.63, 3.8) is 0 Å². The third-order valence-corrected chi connectivity index (χ3v) is 6.98. The largest absolute Gasteiger partial charge is 0.388 e. The van der Waals surface area contributed by atoms with Gasteiger partial charge in [0.05, 0.1) is 17.0 Å². The SMILES string of the molecule is CC(C)(C)C(=O)n1nc(-c2ccc3c(c2C=O)CCCC3O)c(F)c1NCc1ccc(Cl)s1. The van der Waals surface area contributed by atoms with Gasteiger partial charge in [0.1, 0.15) is 5.69 Å². The topological polar surface area (TPSA) is 84.2 Å². The maximum absolute atomic E-state index is 15.8. The van der Waals surface area contributed by atoms with Gasteiger partial charge in [0.25, 0.3) is 5.91 Å². The number of hydrogen-bond acceptors (Lipinski definition) is 6. The van der Waals surface area contributed by atoms with E-state index in [-0.39, 0.29) is 24.0 Å². The van der Waals surface area contributed by atoms with Crippen LogP contribution in [-0.4, -0.2) is 27.1 Å². The zero-order valence-electron chi connectivity index (χ0n) is 18.6. The van der Waals surface area contributed by atoms with Crippen molar-refractivity contribution in [2.75, 3.05) is 5.32 Å². The minimum absolute atomic E-state index is 0.0657. The summed E-state index contributed by atoms with van der Waals surface area (Å²) in [5, 5.41) is 17.6. The Morgan fingerprint density at radius 3 is 2.76 bits per heavy atom. The van der Waals surface area contributed by atoms with Gasteiger partial charge in [-0.1, -0.05) is 44.5 Å². The molecule has 1 aromatic carbocycles. The summed E-state index contributed by atoms with van der Waals surface area (Å²) in [6.07, 6.45) is 1.99. The number of anilines is 1. The van der Waals surface area contributed by atoms with Crippen LogP contribution >= 0.6 is 22.9 Å². The fourth-order valence-corrected chi connectivity index (χ4v) is 5.07. The molecule has 0 saturated carbocycles. The van der Waals surface area contributed by atoms with E-state index in [0.717, 1.165) is 16.0 Å². The number of nitrogens with one attached hydrogen (secondary N) is 1. The number of fused-ring (bicyclic) bond motifs is 1. The molecule has 0 spiro atoms. The molecule has 1 atom stereocenters. The number of rotatable bonds is 5. The minimum Gasteiger partial charge on any atom is -0.388 e. The first kappa shape index (κ1) is 23.6. The highest BCUT2D eigenvalue weighted by Crippen LogP contribution is 2.38. The third-order valence-electron chi connectivity index (χ3n) is 5.75. The van der Waals surface area contributed by atoms with Crippen molar-refractivity contribution >= 4 is 40.9 Å². The summed E-state index contributed by atoms with van der Waals surface area (Å²) in [6, 6.07) is 6.88. The molecule has 33 heavy (non-hydrogen) atoms. The van der Waals surface area contributed by atoms with Gasteiger partial charge in [-0.15, -0.1) is 11.3 Å². The van der Waals surface area contributed by atoms with E-state index < -0.39 is 17.3 Å². The molecule has 2 aromatic heterocycles. The molecule has 6 nitrogen and oxygen atoms in total. The molecule has 2 heterocycles. The smallest absolute Gasteiger partial charge is 0.254 e. The van der Waals surface area contributed by atoms with Crippen molar-refractivity contribution in [2.45, 2.75) is 52.7 Å². The molecule has 1 aliphatic carbocycles. The Bertz CT molecular complexity index is 1230. The third kappa shape index (κ3) is 4.47. The number of halogens is 2. The lowest BCUT2D eigenvalue weighted by Crippen LogP contribution is -2.29. The number of aromatic nitrogens is 2. The Hall–Kier alpha value is -2.55. The van der Waals surface area contributed by atoms with Gasteiger partial charge in [0, 0.05) is 21.4 Å². The fraction of sp³-hybridized carbons (Fsp3) is 0.375. The van der Waals surface area contributed by atoms with Gasteiger partial charge < -0.3 is 10.4 Å². The van der Waals surface area contributed by atoms with Crippen molar-refractivity contribution in [1.82, 2.24) is 9.78 Å². The van der Waals surface area contributed by atoms with E-state index >= 15 is 4.39 Å². The van der Waals surface area contributed by atoms with Gasteiger partial charge >= 0.3 is 0 Å². The van der Waals surface area contributed by atoms with Crippen LogP contribution in [0.25, 0.3) is 11.3 Å². The molecule has 0 aliphatic heterocycles. The van der Waals surface area contributed by atoms with Crippen molar-refractivity contribution in [3.8, 4) is 11.3 Å². The second-order valence-electron chi connectivity index (χ2n) is 9.16. The van der Waals surface area contributed by atoms with Crippen LogP contribution in [0.1, 0.15) is 70.9 Å². The van der Waals surface area contributed by atoms with E-state index in [9.17, 15) is 14.7 Å². The van der Waals surface area contributed by atoms with Crippen LogP contribution in [0.4, 0.5) is 10.2 Å². The number of aliphatic hydroxyl groups excluding tert-OH is 1. The van der Waals surface area contributed by atoms with E-state index in [1.165, 1.54) is 11.3 Å². The van der Waals surface area contributed by atoms with Crippen LogP contribution in [0.5, 0.6) is 0 Å². The highest BCUT2D eigenvalue weighted by Gasteiger charge is 2.32. The molecule has 3 aromatic rings. The lowest BCUT2D eigenvalue weighted by atomic mass is 9.84. The molecule has 0 saturated heterocycles. The molecule has 1 aliphatic rings. The summed E-state index contributed by atoms with van der Waals surface area (Å²) in [7, 11) is 0. The fourth-order valence-electron chi connectivity index (χ4n) is 4.05. The molecule has 174 valence electrons. The highest BCUT2D eigenvalue weighted by molar-refractivity contribution is 7.16. The van der Waals surface area contributed by atoms with E-state index in [2.05, 4.69) is 10.4 Å². The van der Waals surface area contributed by atoms with Crippen LogP contribution < -0.4 is 5.32 Å². The van der Waals surface area contributed by atoms with E-state index in [1.807, 2.05) is 6.07 Å². The first-order chi connectivity index (χ1) is 15.6. The summed E-state index contributed by atoms with van der Waals surface area (Å²) in [5.41, 5.74) is 1.11. The number of benzene rings is 1. The normalized spacial score (nSPS) is 15.9. The molecular weight excluding hydrogens is 465 g/mol. The van der Waals surface area contributed by atoms with E-state index in [4.69, 9.17) is 11.6 Å². The van der Waals surface area contributed by atoms with Crippen LogP contribution in [0.3, 0.4) is 0 Å². The van der Waals surface area contributed by atoms with Crippen molar-refractivity contribution < 1.29 is 19.1 Å². The average Bonchev–Trinajstić information content (AvgIpc) is 3.33. The van der Waals surface area contributed by atoms with Crippen molar-refractivity contribution in [2.24, 2.45) is 5.41 Å². The Morgan fingerprint density at radius 1 is 1.36 bits per heavy atom. The molecule has 0 amide bonds. The second kappa shape index (κ2) is 9.00. The van der Waals surface area contributed by atoms with E-state index in [1.54, 1.807) is 39.0 Å². The number of aldehydes is 1. The first-order valence-electron chi connectivity index (χ1n) is 10.7. The van der Waals surface area contributed by atoms with Gasteiger partial charge in [-0.05, 0) is 42.5 Å². The minimum atomic E-state index is -0.814. The lowest BCUT2D eigenvalue weighted by Gasteiger charge is -2.23. The van der Waals surface area contributed by atoms with Gasteiger partial charge in [-0.25, -0.2) is 4.39 Å². The first-order valence-corrected chi connectivity index (χ1v) is 11.9. The predicted octanol–water partition coefficient (Wildman–Crippen LogP) is 5.88. The summed E-state index contributed by atoms with van der Waals surface area (Å²) >= 11 is 7.35. The van der Waals surface area contributed by atoms with E-state index in [0.29, 0.717) is 45.7 Å². The number of nitrogens with zero attached hydrogens (tertiary/aromatic N) is 2. The average molecular weight is 490 g/mol. The van der Waals surface area contributed by atoms with Gasteiger partial charge in [-0.3, -0.25) is 9.59 Å². The number of carbonyl (C=O) groups excluding carboxylic acids is 2. The second-order valence-corrected chi connectivity index (χ2v) is 11.0. The summed E-state index contributed by atoms with van der Waals surface area (Å²) in [5.74, 6) is -1.17. The van der Waals surface area contributed by atoms with Gasteiger partial charge in [-0.2, -0.15) is 9.78 Å². The molecular formula is C24H25ClFN3O3S. The van der Waals surface area contributed by atoms with Crippen molar-refractivity contribution in [1.29, 1.82) is 0 Å². The molecule has 4 rings (SSSR count). The zero-order chi connectivity index (χ0) is 23.9. The molecule has 1 unspecified atom stereocenters. The number of hydrogen-bond donors (Lipinski definition) is 2. The molecule has 2 N–H and O–H groups in total. The molecule has 9 heteroatoms. The Labute approximate surface area is 200 Å². The Morgan fingerprint density at radius 2 is 2.12 bits per heavy atom. The Balaban J connectivity index is 1.83. The summed E-state index contributed by atoms with van der Waals surface area (Å²) < 4.78 is 17.4. The summed E-state index contributed by atoms with van der Waals surface area (Å²) in [6.45, 7) is 5.45. The molecule has 0 radical (unpaired) electrons. The standard InChI is InChI=1S/C24H25ClFN3O3S/c1-24(2,3)23(32)29-22(27-11-13-7-10-19(25)33-13)20(26)21(28-29)16-9-8-15-14(17(16)12-30)5-4-6-18(15)31/h7-10,12,18,27,31H,4-6,11H2,1-3H3. The molecule has 0 bridgehead atoms. The summed E-state index contributed by atoms with van der Waals surface area (Å²) in [4.78, 5) is 26.0. The maximum Gasteiger partial charge on any atom is 0.254 e. The number of carbonyl (C=O) groups is 2. The molecule has 0 fully saturated rings. The zero-order valence-corrected chi connectivity index (χ0v) is 20.2. The van der Waals surface area contributed by atoms with Crippen molar-refractivity contribution in [3.05, 3.63) is 56.0 Å². The van der Waals surface area contributed by atoms with Crippen LogP contribution in [-0.2, 0) is 13.0 Å². The van der Waals surface area contributed by atoms with Crippen LogP contribution in [0, 0.1) is 11.2 Å². The van der Waals surface area contributed by atoms with Gasteiger partial charge in [0.15, 0.2) is 17.9 Å². The van der Waals surface area contributed by atoms with Crippen LogP contribution in [0.15, 0.2) is 24.3 Å². The van der Waals surface area contributed by atoms with Crippen LogP contribution in [0.2, 0.25) is 4.34 Å². The Kier molecular flexibility index (Phi) is 6.44. The quantitative estimate of drug-likeness (QED) is 0.437. The number of aliphatic hydroxyl groups is 1. The monoisotopic (exact) mass is 489 g/mol.